The van der Waals surface area contributed by atoms with E-state index < -0.39 is 5.41 Å². The van der Waals surface area contributed by atoms with Crippen LogP contribution in [-0.2, 0) is 5.41 Å². The number of nitrogens with zero attached hydrogens (tertiary/aromatic N) is 3. The van der Waals surface area contributed by atoms with E-state index in [9.17, 15) is 5.48 Å². The predicted molar refractivity (Wildman–Crippen MR) is 336 cm³/mol. The largest absolute Gasteiger partial charge is 0.310 e. The molecule has 0 amide bonds. The normalized spacial score (nSPS) is 13.1. The highest BCUT2D eigenvalue weighted by Gasteiger charge is 2.46. The molecule has 3 heteroatoms. The molecular formula is C77H53N3. The highest BCUT2D eigenvalue weighted by molar-refractivity contribution is 6.10. The van der Waals surface area contributed by atoms with Crippen molar-refractivity contribution in [1.82, 2.24) is 4.57 Å². The van der Waals surface area contributed by atoms with E-state index in [0.717, 1.165) is 66.5 Å². The van der Waals surface area contributed by atoms with E-state index in [4.69, 9.17) is 0 Å². The second-order valence-electron chi connectivity index (χ2n) is 20.5. The molecule has 1 heterocycles. The van der Waals surface area contributed by atoms with Gasteiger partial charge in [0.2, 0.25) is 0 Å². The van der Waals surface area contributed by atoms with Crippen LogP contribution in [0.1, 0.15) is 27.7 Å². The third kappa shape index (κ3) is 7.82. The summed E-state index contributed by atoms with van der Waals surface area (Å²) in [6.45, 7) is 0. The van der Waals surface area contributed by atoms with Crippen molar-refractivity contribution in [1.29, 1.82) is 0 Å². The lowest BCUT2D eigenvalue weighted by Gasteiger charge is -2.35. The number of fused-ring (bicyclic) bond motifs is 7. The maximum atomic E-state index is 9.81. The molecule has 3 nitrogen and oxygen atoms in total. The van der Waals surface area contributed by atoms with Gasteiger partial charge in [0.25, 0.3) is 0 Å². The summed E-state index contributed by atoms with van der Waals surface area (Å²) < 4.78 is 41.3. The fourth-order valence-corrected chi connectivity index (χ4v) is 12.5. The van der Waals surface area contributed by atoms with Gasteiger partial charge in [-0.25, -0.2) is 0 Å². The molecule has 0 N–H and O–H groups in total. The number of para-hydroxylation sites is 3. The summed E-state index contributed by atoms with van der Waals surface area (Å²) in [5, 5.41) is 4.05. The molecule has 0 fully saturated rings. The van der Waals surface area contributed by atoms with Crippen LogP contribution in [0.15, 0.2) is 321 Å². The van der Waals surface area contributed by atoms with E-state index in [1.54, 1.807) is 0 Å². The zero-order valence-electron chi connectivity index (χ0n) is 47.6. The number of anilines is 6. The van der Waals surface area contributed by atoms with Gasteiger partial charge in [0.05, 0.1) is 21.9 Å². The molecule has 80 heavy (non-hydrogen) atoms. The Morgan fingerprint density at radius 1 is 0.287 bits per heavy atom. The molecule has 0 saturated heterocycles. The average molecular weight is 1020 g/mol. The molecule has 0 saturated carbocycles. The van der Waals surface area contributed by atoms with Gasteiger partial charge in [0, 0.05) is 50.6 Å². The summed E-state index contributed by atoms with van der Waals surface area (Å²) in [6.07, 6.45) is 0. The summed E-state index contributed by atoms with van der Waals surface area (Å²) in [5.74, 6) is 0. The highest BCUT2D eigenvalue weighted by atomic mass is 15.1. The first kappa shape index (κ1) is 42.6. The first-order chi connectivity index (χ1) is 41.3. The Balaban J connectivity index is 0.853. The Labute approximate surface area is 472 Å². The molecule has 13 aromatic carbocycles. The lowest BCUT2D eigenvalue weighted by Crippen LogP contribution is -2.28. The Kier molecular flexibility index (Phi) is 10.4. The highest BCUT2D eigenvalue weighted by Crippen LogP contribution is 2.57. The topological polar surface area (TPSA) is 11.4 Å². The van der Waals surface area contributed by atoms with Crippen LogP contribution in [0.5, 0.6) is 0 Å². The first-order valence-electron chi connectivity index (χ1n) is 29.2. The molecule has 0 radical (unpaired) electrons. The molecule has 0 unspecified atom stereocenters. The zero-order chi connectivity index (χ0) is 56.5. The number of hydrogen-bond donors (Lipinski definition) is 0. The van der Waals surface area contributed by atoms with Gasteiger partial charge >= 0.3 is 0 Å². The summed E-state index contributed by atoms with van der Waals surface area (Å²) in [5.41, 5.74) is 17.4. The minimum atomic E-state index is -0.588. The molecule has 14 aromatic rings. The number of hydrogen-bond acceptors (Lipinski definition) is 2. The van der Waals surface area contributed by atoms with Crippen LogP contribution in [0.25, 0.3) is 71.6 Å². The standard InChI is InChI=1S/C77H53N3/c1-6-20-54(21-7-1)55-36-41-65(42-37-55)79(67-46-48-70-69-30-16-18-32-73(69)77(74(70)52-67,60-22-8-2-9-23-60)61-24-10-3-11-25-61)66-45-40-58-50-57(34-35-59(58)51-66)56-38-43-64(44-39-56)78(62-26-12-4-13-27-62)68-47-49-72-71-31-17-19-33-75(71)80(76(72)53-68)63-28-14-5-15-29-63/h1-53H/i38D,39D,43D,44D. The van der Waals surface area contributed by atoms with E-state index >= 15 is 0 Å². The van der Waals surface area contributed by atoms with E-state index in [1.165, 1.54) is 33.4 Å². The third-order valence-electron chi connectivity index (χ3n) is 16.1. The van der Waals surface area contributed by atoms with Crippen molar-refractivity contribution in [2.24, 2.45) is 0 Å². The quantitative estimate of drug-likeness (QED) is 0.128. The molecule has 376 valence electrons. The minimum Gasteiger partial charge on any atom is -0.310 e. The van der Waals surface area contributed by atoms with Gasteiger partial charge < -0.3 is 14.4 Å². The molecule has 0 spiro atoms. The van der Waals surface area contributed by atoms with Crippen LogP contribution in [0.3, 0.4) is 0 Å². The van der Waals surface area contributed by atoms with E-state index in [-0.39, 0.29) is 35.4 Å². The summed E-state index contributed by atoms with van der Waals surface area (Å²) in [6, 6.07) is 103. The summed E-state index contributed by atoms with van der Waals surface area (Å²) >= 11 is 0. The van der Waals surface area contributed by atoms with Crippen molar-refractivity contribution in [3.63, 3.8) is 0 Å². The van der Waals surface area contributed by atoms with Crippen LogP contribution >= 0.6 is 0 Å². The molecule has 0 bridgehead atoms. The number of benzene rings is 13. The fraction of sp³-hybridized carbons (Fsp3) is 0.0130. The Morgan fingerprint density at radius 3 is 1.51 bits per heavy atom. The monoisotopic (exact) mass is 1020 g/mol. The minimum absolute atomic E-state index is 0.117. The number of aromatic nitrogens is 1. The SMILES string of the molecule is [2H]c1c([2H])c(N(c2ccccc2)c2ccc3c4ccccc4n(-c4ccccc4)c3c2)c([2H])c([2H])c1-c1ccc2cc(N(c3ccc(-c4ccccc4)cc3)c3ccc4c(c3)C(c3ccccc3)(c3ccccc3)c3ccccc3-4)ccc2c1. The average Bonchev–Trinajstić information content (AvgIpc) is 2.13. The smallest absolute Gasteiger partial charge is 0.0714 e. The second-order valence-corrected chi connectivity index (χ2v) is 20.5. The van der Waals surface area contributed by atoms with Crippen molar-refractivity contribution in [3.05, 3.63) is 344 Å². The van der Waals surface area contributed by atoms with Crippen LogP contribution in [0.4, 0.5) is 34.1 Å². The van der Waals surface area contributed by atoms with Gasteiger partial charge in [-0.05, 0) is 163 Å². The van der Waals surface area contributed by atoms with Crippen molar-refractivity contribution in [3.8, 4) is 39.1 Å². The van der Waals surface area contributed by atoms with Gasteiger partial charge in [-0.1, -0.05) is 224 Å². The molecule has 1 aliphatic rings. The van der Waals surface area contributed by atoms with Gasteiger partial charge in [0.15, 0.2) is 0 Å². The van der Waals surface area contributed by atoms with Crippen molar-refractivity contribution in [2.75, 3.05) is 9.80 Å². The zero-order valence-corrected chi connectivity index (χ0v) is 43.6. The van der Waals surface area contributed by atoms with E-state index in [0.29, 0.717) is 16.9 Å². The Hall–Kier alpha value is -10.5. The lowest BCUT2D eigenvalue weighted by atomic mass is 9.67. The van der Waals surface area contributed by atoms with E-state index in [1.807, 2.05) is 89.8 Å². The Bertz CT molecular complexity index is 4750. The van der Waals surface area contributed by atoms with Gasteiger partial charge in [-0.15, -0.1) is 0 Å². The maximum absolute atomic E-state index is 9.81. The molecule has 15 rings (SSSR count). The fourth-order valence-electron chi connectivity index (χ4n) is 12.5. The summed E-state index contributed by atoms with van der Waals surface area (Å²) in [4.78, 5) is 4.20. The molecule has 1 aliphatic carbocycles. The first-order valence-corrected chi connectivity index (χ1v) is 27.2. The third-order valence-corrected chi connectivity index (χ3v) is 16.1. The van der Waals surface area contributed by atoms with Gasteiger partial charge in [-0.3, -0.25) is 0 Å². The van der Waals surface area contributed by atoms with Gasteiger partial charge in [-0.2, -0.15) is 0 Å². The number of rotatable bonds is 11. The van der Waals surface area contributed by atoms with Gasteiger partial charge in [0.1, 0.15) is 0 Å². The molecular weight excluding hydrogens is 967 g/mol. The molecule has 0 aliphatic heterocycles. The summed E-state index contributed by atoms with van der Waals surface area (Å²) in [7, 11) is 0. The van der Waals surface area contributed by atoms with E-state index in [2.05, 4.69) is 222 Å². The van der Waals surface area contributed by atoms with Crippen molar-refractivity contribution in [2.45, 2.75) is 5.41 Å². The van der Waals surface area contributed by atoms with Crippen molar-refractivity contribution >= 4 is 66.7 Å². The lowest BCUT2D eigenvalue weighted by molar-refractivity contribution is 0.768. The van der Waals surface area contributed by atoms with Crippen LogP contribution in [0.2, 0.25) is 0 Å². The molecule has 1 aromatic heterocycles. The van der Waals surface area contributed by atoms with Crippen LogP contribution < -0.4 is 9.80 Å². The predicted octanol–water partition coefficient (Wildman–Crippen LogP) is 20.6. The maximum Gasteiger partial charge on any atom is 0.0714 e. The second kappa shape index (κ2) is 19.5. The van der Waals surface area contributed by atoms with Crippen molar-refractivity contribution < 1.29 is 5.48 Å². The Morgan fingerprint density at radius 2 is 0.775 bits per heavy atom. The van der Waals surface area contributed by atoms with Crippen LogP contribution in [-0.4, -0.2) is 4.57 Å². The van der Waals surface area contributed by atoms with Crippen LogP contribution in [0, 0.1) is 0 Å². The molecule has 0 atom stereocenters.